The Morgan fingerprint density at radius 3 is 2.67 bits per heavy atom. The third-order valence-electron chi connectivity index (χ3n) is 3.71. The maximum atomic E-state index is 12.8. The summed E-state index contributed by atoms with van der Waals surface area (Å²) < 4.78 is 38.3. The lowest BCUT2D eigenvalue weighted by Crippen LogP contribution is -2.38. The van der Waals surface area contributed by atoms with Gasteiger partial charge in [-0.25, -0.2) is 0 Å². The second kappa shape index (κ2) is 5.93. The van der Waals surface area contributed by atoms with E-state index in [2.05, 4.69) is 5.32 Å². The monoisotopic (exact) mass is 301 g/mol. The number of nitrogens with two attached hydrogens (primary N) is 1. The Balaban J connectivity index is 2.44. The zero-order valence-electron chi connectivity index (χ0n) is 11.7. The molecular weight excluding hydrogens is 283 g/mol. The van der Waals surface area contributed by atoms with Crippen molar-refractivity contribution in [2.45, 2.75) is 25.6 Å². The summed E-state index contributed by atoms with van der Waals surface area (Å²) in [7, 11) is 0. The third kappa shape index (κ3) is 3.29. The van der Waals surface area contributed by atoms with Crippen LogP contribution in [-0.4, -0.2) is 31.6 Å². The van der Waals surface area contributed by atoms with Gasteiger partial charge < -0.3 is 16.0 Å². The number of carbonyl (C=O) groups is 1. The van der Waals surface area contributed by atoms with E-state index in [1.54, 1.807) is 0 Å². The van der Waals surface area contributed by atoms with E-state index in [0.29, 0.717) is 12.2 Å². The first kappa shape index (κ1) is 15.6. The van der Waals surface area contributed by atoms with Gasteiger partial charge in [0, 0.05) is 24.8 Å². The van der Waals surface area contributed by atoms with E-state index >= 15 is 0 Å². The lowest BCUT2D eigenvalue weighted by Gasteiger charge is -2.31. The summed E-state index contributed by atoms with van der Waals surface area (Å²) in [5.41, 5.74) is 4.79. The molecule has 2 rings (SSSR count). The number of rotatable bonds is 4. The number of halogens is 3. The molecule has 1 aliphatic heterocycles. The number of hydrogen-bond acceptors (Lipinski definition) is 3. The summed E-state index contributed by atoms with van der Waals surface area (Å²) in [6.07, 6.45) is -3.61. The molecule has 116 valence electrons. The van der Waals surface area contributed by atoms with E-state index in [1.165, 1.54) is 6.07 Å². The molecule has 0 spiro atoms. The van der Waals surface area contributed by atoms with Gasteiger partial charge in [-0.15, -0.1) is 0 Å². The van der Waals surface area contributed by atoms with E-state index in [1.807, 2.05) is 11.8 Å². The fourth-order valence-corrected chi connectivity index (χ4v) is 2.69. The lowest BCUT2D eigenvalue weighted by molar-refractivity contribution is -0.137. The maximum Gasteiger partial charge on any atom is 0.416 e. The van der Waals surface area contributed by atoms with Gasteiger partial charge in [-0.2, -0.15) is 13.2 Å². The van der Waals surface area contributed by atoms with E-state index in [0.717, 1.165) is 31.6 Å². The number of nitrogens with one attached hydrogen (secondary N) is 1. The molecule has 0 radical (unpaired) electrons. The van der Waals surface area contributed by atoms with Gasteiger partial charge in [0.15, 0.2) is 0 Å². The molecule has 1 aliphatic rings. The Hall–Kier alpha value is -1.76. The second-order valence-electron chi connectivity index (χ2n) is 5.03. The van der Waals surface area contributed by atoms with Crippen LogP contribution >= 0.6 is 0 Å². The molecule has 1 aromatic rings. The number of primary amides is 1. The van der Waals surface area contributed by atoms with Crippen LogP contribution in [0.5, 0.6) is 0 Å². The Kier molecular flexibility index (Phi) is 4.41. The van der Waals surface area contributed by atoms with E-state index < -0.39 is 17.6 Å². The highest BCUT2D eigenvalue weighted by atomic mass is 19.4. The number of likely N-dealkylation sites (N-methyl/N-ethyl adjacent to an activating group) is 1. The normalized spacial score (nSPS) is 18.8. The molecule has 4 nitrogen and oxygen atoms in total. The molecule has 0 bridgehead atoms. The van der Waals surface area contributed by atoms with E-state index in [-0.39, 0.29) is 11.6 Å². The average Bonchev–Trinajstić information content (AvgIpc) is 2.92. The topological polar surface area (TPSA) is 58.4 Å². The maximum absolute atomic E-state index is 12.8. The van der Waals surface area contributed by atoms with Crippen molar-refractivity contribution in [3.8, 4) is 0 Å². The smallest absolute Gasteiger partial charge is 0.367 e. The number of benzene rings is 1. The van der Waals surface area contributed by atoms with Crippen molar-refractivity contribution in [2.24, 2.45) is 5.73 Å². The lowest BCUT2D eigenvalue weighted by atomic mass is 10.0. The number of hydrogen-bond donors (Lipinski definition) is 2. The van der Waals surface area contributed by atoms with Crippen molar-refractivity contribution in [1.29, 1.82) is 0 Å². The predicted molar refractivity (Wildman–Crippen MR) is 74.3 cm³/mol. The molecule has 1 atom stereocenters. The fourth-order valence-electron chi connectivity index (χ4n) is 2.69. The second-order valence-corrected chi connectivity index (χ2v) is 5.03. The minimum absolute atomic E-state index is 0.0847. The van der Waals surface area contributed by atoms with Crippen molar-refractivity contribution in [2.75, 3.05) is 24.5 Å². The van der Waals surface area contributed by atoms with Crippen molar-refractivity contribution >= 4 is 11.6 Å². The van der Waals surface area contributed by atoms with Gasteiger partial charge in [0.1, 0.15) is 0 Å². The summed E-state index contributed by atoms with van der Waals surface area (Å²) in [5, 5.41) is 3.20. The van der Waals surface area contributed by atoms with Crippen LogP contribution in [0.25, 0.3) is 0 Å². The highest BCUT2D eigenvalue weighted by molar-refractivity contribution is 5.99. The van der Waals surface area contributed by atoms with Crippen molar-refractivity contribution in [1.82, 2.24) is 5.32 Å². The number of anilines is 1. The van der Waals surface area contributed by atoms with Crippen molar-refractivity contribution in [3.05, 3.63) is 29.3 Å². The molecule has 1 saturated heterocycles. The largest absolute Gasteiger partial charge is 0.416 e. The number of amides is 1. The SMILES string of the molecule is CCN(c1ccc(C(F)(F)F)cc1C(N)=O)C1CCNC1. The molecule has 0 aliphatic carbocycles. The number of nitrogens with zero attached hydrogens (tertiary/aromatic N) is 1. The molecule has 0 saturated carbocycles. The molecule has 1 amide bonds. The summed E-state index contributed by atoms with van der Waals surface area (Å²) in [4.78, 5) is 13.5. The Labute approximate surface area is 121 Å². The van der Waals surface area contributed by atoms with Gasteiger partial charge in [-0.1, -0.05) is 0 Å². The predicted octanol–water partition coefficient (Wildman–Crippen LogP) is 1.99. The highest BCUT2D eigenvalue weighted by Crippen LogP contribution is 2.33. The van der Waals surface area contributed by atoms with Crippen LogP contribution < -0.4 is 16.0 Å². The molecule has 7 heteroatoms. The molecule has 1 aromatic carbocycles. The number of carbonyl (C=O) groups excluding carboxylic acids is 1. The first-order chi connectivity index (χ1) is 9.84. The first-order valence-electron chi connectivity index (χ1n) is 6.83. The Morgan fingerprint density at radius 2 is 2.19 bits per heavy atom. The van der Waals surface area contributed by atoms with Gasteiger partial charge in [-0.05, 0) is 38.1 Å². The fraction of sp³-hybridized carbons (Fsp3) is 0.500. The standard InChI is InChI=1S/C14H18F3N3O/c1-2-20(10-5-6-19-8-10)12-4-3-9(14(15,16)17)7-11(12)13(18)21/h3-4,7,10,19H,2,5-6,8H2,1H3,(H2,18,21). The average molecular weight is 301 g/mol. The zero-order valence-corrected chi connectivity index (χ0v) is 11.7. The van der Waals surface area contributed by atoms with Crippen LogP contribution in [0.2, 0.25) is 0 Å². The summed E-state index contributed by atoms with van der Waals surface area (Å²) in [6, 6.07) is 3.32. The molecule has 1 fully saturated rings. The van der Waals surface area contributed by atoms with Gasteiger partial charge in [-0.3, -0.25) is 4.79 Å². The van der Waals surface area contributed by atoms with Crippen LogP contribution in [0.3, 0.4) is 0 Å². The quantitative estimate of drug-likeness (QED) is 0.894. The Morgan fingerprint density at radius 1 is 1.48 bits per heavy atom. The van der Waals surface area contributed by atoms with E-state index in [9.17, 15) is 18.0 Å². The van der Waals surface area contributed by atoms with Crippen molar-refractivity contribution in [3.63, 3.8) is 0 Å². The van der Waals surface area contributed by atoms with Gasteiger partial charge >= 0.3 is 6.18 Å². The molecule has 0 aromatic heterocycles. The first-order valence-corrected chi connectivity index (χ1v) is 6.83. The third-order valence-corrected chi connectivity index (χ3v) is 3.71. The molecule has 1 heterocycles. The number of alkyl halides is 3. The summed E-state index contributed by atoms with van der Waals surface area (Å²) in [5.74, 6) is -0.847. The molecule has 1 unspecified atom stereocenters. The molecule has 3 N–H and O–H groups in total. The van der Waals surface area contributed by atoms with Gasteiger partial charge in [0.25, 0.3) is 5.91 Å². The van der Waals surface area contributed by atoms with Crippen LogP contribution in [0.15, 0.2) is 18.2 Å². The molecular formula is C14H18F3N3O. The zero-order chi connectivity index (χ0) is 15.6. The summed E-state index contributed by atoms with van der Waals surface area (Å²) in [6.45, 7) is 4.10. The van der Waals surface area contributed by atoms with Crippen molar-refractivity contribution < 1.29 is 18.0 Å². The summed E-state index contributed by atoms with van der Waals surface area (Å²) >= 11 is 0. The highest BCUT2D eigenvalue weighted by Gasteiger charge is 2.33. The molecule has 21 heavy (non-hydrogen) atoms. The van der Waals surface area contributed by atoms with Gasteiger partial charge in [0.2, 0.25) is 0 Å². The minimum atomic E-state index is -4.49. The van der Waals surface area contributed by atoms with Crippen LogP contribution in [0, 0.1) is 0 Å². The van der Waals surface area contributed by atoms with E-state index in [4.69, 9.17) is 5.73 Å². The minimum Gasteiger partial charge on any atom is -0.367 e. The van der Waals surface area contributed by atoms with Gasteiger partial charge in [0.05, 0.1) is 11.1 Å². The Bertz CT molecular complexity index is 525. The van der Waals surface area contributed by atoms with Crippen LogP contribution in [0.4, 0.5) is 18.9 Å². The van der Waals surface area contributed by atoms with Crippen LogP contribution in [-0.2, 0) is 6.18 Å². The van der Waals surface area contributed by atoms with Crippen LogP contribution in [0.1, 0.15) is 29.3 Å².